The van der Waals surface area contributed by atoms with Crippen molar-refractivity contribution in [3.8, 4) is 0 Å². The number of azide groups is 1. The molecule has 0 spiro atoms. The molecule has 1 heterocycles. The molecule has 1 rings (SSSR count). The van der Waals surface area contributed by atoms with Gasteiger partial charge in [0.05, 0.1) is 0 Å². The van der Waals surface area contributed by atoms with Crippen molar-refractivity contribution < 1.29 is 4.79 Å². The van der Waals surface area contributed by atoms with E-state index < -0.39 is 6.04 Å². The summed E-state index contributed by atoms with van der Waals surface area (Å²) in [4.78, 5) is 16.1. The van der Waals surface area contributed by atoms with Gasteiger partial charge in [0.25, 0.3) is 0 Å². The van der Waals surface area contributed by atoms with Gasteiger partial charge in [-0.25, -0.2) is 0 Å². The van der Waals surface area contributed by atoms with Gasteiger partial charge >= 0.3 is 0 Å². The summed E-state index contributed by atoms with van der Waals surface area (Å²) in [6, 6.07) is -0.497. The zero-order valence-corrected chi connectivity index (χ0v) is 7.81. The molecule has 1 aliphatic rings. The Morgan fingerprint density at radius 3 is 2.69 bits per heavy atom. The minimum absolute atomic E-state index is 0.0159. The number of carbonyl (C=O) groups excluding carboxylic acids is 1. The third kappa shape index (κ3) is 2.36. The normalized spacial score (nSPS) is 18.1. The number of hydrogen-bond acceptors (Lipinski definition) is 2. The molecule has 13 heavy (non-hydrogen) atoms. The number of amides is 1. The summed E-state index contributed by atoms with van der Waals surface area (Å²) in [5, 5.41) is 3.48. The minimum atomic E-state index is -0.497. The molecule has 5 nitrogen and oxygen atoms in total. The average molecular weight is 182 g/mol. The molecule has 5 heteroatoms. The zero-order valence-electron chi connectivity index (χ0n) is 7.81. The van der Waals surface area contributed by atoms with E-state index in [0.717, 1.165) is 25.9 Å². The average Bonchev–Trinajstić information content (AvgIpc) is 2.65. The summed E-state index contributed by atoms with van der Waals surface area (Å²) in [5.74, 6) is -0.0159. The molecular weight excluding hydrogens is 168 g/mol. The van der Waals surface area contributed by atoms with E-state index in [1.165, 1.54) is 0 Å². The first-order chi connectivity index (χ1) is 6.29. The highest BCUT2D eigenvalue weighted by atomic mass is 16.2. The Bertz CT molecular complexity index is 228. The van der Waals surface area contributed by atoms with Gasteiger partial charge in [-0.2, -0.15) is 0 Å². The smallest absolute Gasteiger partial charge is 0.231 e. The van der Waals surface area contributed by atoms with Crippen LogP contribution in [-0.2, 0) is 4.79 Å². The monoisotopic (exact) mass is 182 g/mol. The first kappa shape index (κ1) is 9.86. The Kier molecular flexibility index (Phi) is 3.58. The summed E-state index contributed by atoms with van der Waals surface area (Å²) >= 11 is 0. The molecule has 1 unspecified atom stereocenters. The largest absolute Gasteiger partial charge is 0.342 e. The fraction of sp³-hybridized carbons (Fsp3) is 0.875. The lowest BCUT2D eigenvalue weighted by Gasteiger charge is -2.18. The number of carbonyl (C=O) groups is 1. The molecule has 1 atom stereocenters. The van der Waals surface area contributed by atoms with Gasteiger partial charge in [0.2, 0.25) is 5.91 Å². The molecule has 1 fully saturated rings. The molecule has 0 aliphatic carbocycles. The van der Waals surface area contributed by atoms with Gasteiger partial charge in [0, 0.05) is 18.0 Å². The minimum Gasteiger partial charge on any atom is -0.342 e. The van der Waals surface area contributed by atoms with Gasteiger partial charge in [-0.15, -0.1) is 0 Å². The number of likely N-dealkylation sites (tertiary alicyclic amines) is 1. The fourth-order valence-electron chi connectivity index (χ4n) is 1.52. The molecule has 1 amide bonds. The maximum absolute atomic E-state index is 11.6. The second-order valence-corrected chi connectivity index (χ2v) is 3.16. The van der Waals surface area contributed by atoms with E-state index in [1.54, 1.807) is 4.90 Å². The van der Waals surface area contributed by atoms with E-state index in [9.17, 15) is 4.79 Å². The second kappa shape index (κ2) is 4.72. The van der Waals surface area contributed by atoms with Gasteiger partial charge in [0.1, 0.15) is 6.04 Å². The molecule has 72 valence electrons. The topological polar surface area (TPSA) is 69.1 Å². The molecule has 1 saturated heterocycles. The van der Waals surface area contributed by atoms with E-state index in [0.29, 0.717) is 6.42 Å². The van der Waals surface area contributed by atoms with Crippen molar-refractivity contribution in [2.75, 3.05) is 13.1 Å². The van der Waals surface area contributed by atoms with Crippen molar-refractivity contribution in [3.63, 3.8) is 0 Å². The van der Waals surface area contributed by atoms with Crippen LogP contribution in [-0.4, -0.2) is 29.9 Å². The maximum atomic E-state index is 11.6. The van der Waals surface area contributed by atoms with E-state index in [1.807, 2.05) is 6.92 Å². The maximum Gasteiger partial charge on any atom is 0.231 e. The number of hydrogen-bond donors (Lipinski definition) is 0. The molecule has 0 bridgehead atoms. The zero-order chi connectivity index (χ0) is 9.68. The molecule has 0 N–H and O–H groups in total. The Labute approximate surface area is 77.3 Å². The van der Waals surface area contributed by atoms with Crippen molar-refractivity contribution in [2.45, 2.75) is 32.2 Å². The van der Waals surface area contributed by atoms with Crippen molar-refractivity contribution >= 4 is 5.91 Å². The van der Waals surface area contributed by atoms with Crippen molar-refractivity contribution in [1.29, 1.82) is 0 Å². The lowest BCUT2D eigenvalue weighted by Crippen LogP contribution is -2.35. The van der Waals surface area contributed by atoms with Crippen LogP contribution in [0.3, 0.4) is 0 Å². The molecule has 0 saturated carbocycles. The van der Waals surface area contributed by atoms with Crippen LogP contribution in [0.5, 0.6) is 0 Å². The summed E-state index contributed by atoms with van der Waals surface area (Å²) in [7, 11) is 0. The number of nitrogens with zero attached hydrogens (tertiary/aromatic N) is 4. The summed E-state index contributed by atoms with van der Waals surface area (Å²) < 4.78 is 0. The van der Waals surface area contributed by atoms with Crippen LogP contribution >= 0.6 is 0 Å². The Hall–Kier alpha value is -1.22. The van der Waals surface area contributed by atoms with Crippen LogP contribution in [0.1, 0.15) is 26.2 Å². The molecule has 0 aromatic heterocycles. The SMILES string of the molecule is CCC(N=[N+]=[N-])C(=O)N1CCCC1. The second-order valence-electron chi connectivity index (χ2n) is 3.16. The predicted octanol–water partition coefficient (Wildman–Crippen LogP) is 1.70. The lowest BCUT2D eigenvalue weighted by molar-refractivity contribution is -0.131. The fourth-order valence-corrected chi connectivity index (χ4v) is 1.52. The van der Waals surface area contributed by atoms with Crippen molar-refractivity contribution in [2.24, 2.45) is 5.11 Å². The lowest BCUT2D eigenvalue weighted by atomic mass is 10.2. The third-order valence-electron chi connectivity index (χ3n) is 2.28. The third-order valence-corrected chi connectivity index (χ3v) is 2.28. The van der Waals surface area contributed by atoms with Crippen LogP contribution in [0.4, 0.5) is 0 Å². The Morgan fingerprint density at radius 1 is 1.62 bits per heavy atom. The first-order valence-corrected chi connectivity index (χ1v) is 4.62. The highest BCUT2D eigenvalue weighted by molar-refractivity contribution is 5.82. The van der Waals surface area contributed by atoms with Gasteiger partial charge < -0.3 is 4.90 Å². The van der Waals surface area contributed by atoms with Gasteiger partial charge in [-0.1, -0.05) is 12.0 Å². The molecule has 0 aromatic carbocycles. The molecule has 1 aliphatic heterocycles. The quantitative estimate of drug-likeness (QED) is 0.372. The van der Waals surface area contributed by atoms with Crippen LogP contribution in [0.2, 0.25) is 0 Å². The molecule has 0 radical (unpaired) electrons. The highest BCUT2D eigenvalue weighted by Crippen LogP contribution is 2.12. The van der Waals surface area contributed by atoms with Crippen molar-refractivity contribution in [1.82, 2.24) is 4.90 Å². The van der Waals surface area contributed by atoms with E-state index in [2.05, 4.69) is 10.0 Å². The van der Waals surface area contributed by atoms with Crippen LogP contribution < -0.4 is 0 Å². The summed E-state index contributed by atoms with van der Waals surface area (Å²) in [5.41, 5.74) is 8.25. The van der Waals surface area contributed by atoms with E-state index >= 15 is 0 Å². The molecule has 0 aromatic rings. The van der Waals surface area contributed by atoms with Crippen LogP contribution in [0, 0.1) is 0 Å². The Balaban J connectivity index is 2.57. The number of rotatable bonds is 3. The van der Waals surface area contributed by atoms with Gasteiger partial charge in [-0.05, 0) is 24.8 Å². The van der Waals surface area contributed by atoms with Crippen LogP contribution in [0.25, 0.3) is 10.4 Å². The molecular formula is C8H14N4O. The highest BCUT2D eigenvalue weighted by Gasteiger charge is 2.23. The van der Waals surface area contributed by atoms with Gasteiger partial charge in [-0.3, -0.25) is 4.79 Å². The summed E-state index contributed by atoms with van der Waals surface area (Å²) in [6.07, 6.45) is 2.72. The standard InChI is InChI=1S/C8H14N4O/c1-2-7(10-11-9)8(13)12-5-3-4-6-12/h7H,2-6H2,1H3. The van der Waals surface area contributed by atoms with Crippen molar-refractivity contribution in [3.05, 3.63) is 10.4 Å². The van der Waals surface area contributed by atoms with Gasteiger partial charge in [0.15, 0.2) is 0 Å². The van der Waals surface area contributed by atoms with E-state index in [4.69, 9.17) is 5.53 Å². The van der Waals surface area contributed by atoms with Crippen LogP contribution in [0.15, 0.2) is 5.11 Å². The summed E-state index contributed by atoms with van der Waals surface area (Å²) in [6.45, 7) is 3.49. The first-order valence-electron chi connectivity index (χ1n) is 4.62. The van der Waals surface area contributed by atoms with E-state index in [-0.39, 0.29) is 5.91 Å². The predicted molar refractivity (Wildman–Crippen MR) is 49.0 cm³/mol. The Morgan fingerprint density at radius 2 is 2.23 bits per heavy atom.